The Labute approximate surface area is 113 Å². The molecule has 0 saturated carbocycles. The molecule has 3 N–H and O–H groups in total. The number of furan rings is 1. The Kier molecular flexibility index (Phi) is 4.31. The average molecular weight is 282 g/mol. The summed E-state index contributed by atoms with van der Waals surface area (Å²) in [4.78, 5) is 16.9. The molecule has 7 heteroatoms. The third-order valence-corrected chi connectivity index (χ3v) is 3.50. The van der Waals surface area contributed by atoms with Crippen molar-refractivity contribution in [2.75, 3.05) is 13.2 Å². The number of nitrogens with zero attached hydrogens (tertiary/aromatic N) is 1. The molecule has 0 unspecified atom stereocenters. The lowest BCUT2D eigenvalue weighted by molar-refractivity contribution is 0.0874. The molecule has 2 rings (SSSR count). The van der Waals surface area contributed by atoms with E-state index in [0.29, 0.717) is 10.8 Å². The number of aliphatic hydroxyl groups excluding tert-OH is 2. The van der Waals surface area contributed by atoms with Crippen LogP contribution in [0.2, 0.25) is 0 Å². The predicted molar refractivity (Wildman–Crippen MR) is 70.0 cm³/mol. The highest BCUT2D eigenvalue weighted by Crippen LogP contribution is 2.27. The van der Waals surface area contributed by atoms with Crippen molar-refractivity contribution in [3.8, 4) is 10.8 Å². The van der Waals surface area contributed by atoms with Gasteiger partial charge in [-0.3, -0.25) is 4.79 Å². The van der Waals surface area contributed by atoms with E-state index in [0.717, 1.165) is 4.88 Å². The second kappa shape index (κ2) is 5.96. The van der Waals surface area contributed by atoms with Gasteiger partial charge in [0.05, 0.1) is 25.5 Å². The number of rotatable bonds is 5. The molecule has 0 aliphatic carbocycles. The van der Waals surface area contributed by atoms with Gasteiger partial charge in [-0.05, 0) is 19.1 Å². The van der Waals surface area contributed by atoms with E-state index in [4.69, 9.17) is 14.6 Å². The summed E-state index contributed by atoms with van der Waals surface area (Å²) in [5.41, 5.74) is 0.281. The summed E-state index contributed by atoms with van der Waals surface area (Å²) in [7, 11) is 0. The molecule has 0 atom stereocenters. The highest BCUT2D eigenvalue weighted by atomic mass is 32.1. The van der Waals surface area contributed by atoms with Gasteiger partial charge >= 0.3 is 0 Å². The molecule has 0 aliphatic rings. The number of nitrogens with one attached hydrogen (secondary N) is 1. The number of hydrogen-bond acceptors (Lipinski definition) is 6. The van der Waals surface area contributed by atoms with E-state index in [1.165, 1.54) is 11.3 Å². The Bertz CT molecular complexity index is 546. The van der Waals surface area contributed by atoms with Crippen molar-refractivity contribution in [1.29, 1.82) is 0 Å². The number of carbonyl (C=O) groups is 1. The third kappa shape index (κ3) is 3.01. The first-order valence-corrected chi connectivity index (χ1v) is 6.51. The van der Waals surface area contributed by atoms with Crippen LogP contribution < -0.4 is 5.32 Å². The van der Waals surface area contributed by atoms with Crippen LogP contribution in [0.25, 0.3) is 10.8 Å². The molecule has 2 aromatic rings. The summed E-state index contributed by atoms with van der Waals surface area (Å²) in [5.74, 6) is 0.188. The Morgan fingerprint density at radius 2 is 2.26 bits per heavy atom. The fourth-order valence-electron chi connectivity index (χ4n) is 1.52. The van der Waals surface area contributed by atoms with Gasteiger partial charge < -0.3 is 19.9 Å². The van der Waals surface area contributed by atoms with Crippen molar-refractivity contribution in [3.63, 3.8) is 0 Å². The Hall–Kier alpha value is -1.70. The quantitative estimate of drug-likeness (QED) is 0.753. The summed E-state index contributed by atoms with van der Waals surface area (Å²) in [5, 5.41) is 21.0. The number of aromatic nitrogens is 1. The number of amides is 1. The van der Waals surface area contributed by atoms with Crippen LogP contribution in [0.15, 0.2) is 22.8 Å². The highest BCUT2D eigenvalue weighted by Gasteiger charge is 2.19. The smallest absolute Gasteiger partial charge is 0.271 e. The second-order valence-electron chi connectivity index (χ2n) is 3.94. The molecule has 19 heavy (non-hydrogen) atoms. The van der Waals surface area contributed by atoms with E-state index in [-0.39, 0.29) is 18.9 Å². The zero-order valence-corrected chi connectivity index (χ0v) is 11.1. The lowest BCUT2D eigenvalue weighted by Gasteiger charge is -2.12. The first-order valence-electron chi connectivity index (χ1n) is 5.69. The maximum atomic E-state index is 12.0. The zero-order chi connectivity index (χ0) is 13.8. The fourth-order valence-corrected chi connectivity index (χ4v) is 2.39. The van der Waals surface area contributed by atoms with Gasteiger partial charge in [0, 0.05) is 4.88 Å². The lowest BCUT2D eigenvalue weighted by atomic mass is 10.3. The summed E-state index contributed by atoms with van der Waals surface area (Å²) in [6, 6.07) is 2.84. The van der Waals surface area contributed by atoms with Crippen molar-refractivity contribution < 1.29 is 19.4 Å². The first kappa shape index (κ1) is 13.7. The van der Waals surface area contributed by atoms with Crippen LogP contribution in [0.4, 0.5) is 0 Å². The molecule has 102 valence electrons. The molecule has 1 amide bonds. The standard InChI is InChI=1S/C12H14N2O4S/c1-7-10(11(17)13-8(5-15)6-16)14-12(19-7)9-3-2-4-18-9/h2-4,8,15-16H,5-6H2,1H3,(H,13,17). The van der Waals surface area contributed by atoms with Crippen LogP contribution in [-0.2, 0) is 0 Å². The normalized spacial score (nSPS) is 10.9. The van der Waals surface area contributed by atoms with Gasteiger partial charge in [0.1, 0.15) is 5.69 Å². The van der Waals surface area contributed by atoms with E-state index in [1.54, 1.807) is 25.3 Å². The lowest BCUT2D eigenvalue weighted by Crippen LogP contribution is -2.40. The van der Waals surface area contributed by atoms with Crippen LogP contribution in [-0.4, -0.2) is 40.4 Å². The van der Waals surface area contributed by atoms with Crippen molar-refractivity contribution in [1.82, 2.24) is 10.3 Å². The molecular formula is C12H14N2O4S. The van der Waals surface area contributed by atoms with Gasteiger partial charge in [-0.2, -0.15) is 0 Å². The Morgan fingerprint density at radius 3 is 2.84 bits per heavy atom. The molecule has 0 radical (unpaired) electrons. The largest absolute Gasteiger partial charge is 0.462 e. The second-order valence-corrected chi connectivity index (χ2v) is 5.14. The Balaban J connectivity index is 2.19. The van der Waals surface area contributed by atoms with Crippen LogP contribution in [0.5, 0.6) is 0 Å². The van der Waals surface area contributed by atoms with Crippen molar-refractivity contribution >= 4 is 17.2 Å². The molecule has 0 spiro atoms. The molecule has 0 aromatic carbocycles. The predicted octanol–water partition coefficient (Wildman–Crippen LogP) is 0.795. The number of carbonyl (C=O) groups excluding carboxylic acids is 1. The Morgan fingerprint density at radius 1 is 1.53 bits per heavy atom. The number of aliphatic hydroxyl groups is 2. The maximum absolute atomic E-state index is 12.0. The van der Waals surface area contributed by atoms with Crippen LogP contribution in [0, 0.1) is 6.92 Å². The van der Waals surface area contributed by atoms with Gasteiger partial charge in [0.15, 0.2) is 10.8 Å². The van der Waals surface area contributed by atoms with Gasteiger partial charge in [-0.1, -0.05) is 0 Å². The van der Waals surface area contributed by atoms with Crippen molar-refractivity contribution in [2.24, 2.45) is 0 Å². The van der Waals surface area contributed by atoms with Crippen molar-refractivity contribution in [2.45, 2.75) is 13.0 Å². The SMILES string of the molecule is Cc1sc(-c2ccco2)nc1C(=O)NC(CO)CO. The molecule has 6 nitrogen and oxygen atoms in total. The number of hydrogen-bond donors (Lipinski definition) is 3. The first-order chi connectivity index (χ1) is 9.15. The minimum absolute atomic E-state index is 0.281. The van der Waals surface area contributed by atoms with Gasteiger partial charge in [-0.15, -0.1) is 11.3 Å². The number of thiazole rings is 1. The summed E-state index contributed by atoms with van der Waals surface area (Å²) >= 11 is 1.35. The summed E-state index contributed by atoms with van der Waals surface area (Å²) in [6.07, 6.45) is 1.54. The van der Waals surface area contributed by atoms with E-state index in [2.05, 4.69) is 10.3 Å². The van der Waals surface area contributed by atoms with E-state index >= 15 is 0 Å². The van der Waals surface area contributed by atoms with E-state index in [9.17, 15) is 4.79 Å². The molecule has 0 saturated heterocycles. The zero-order valence-electron chi connectivity index (χ0n) is 10.3. The van der Waals surface area contributed by atoms with E-state index < -0.39 is 11.9 Å². The minimum Gasteiger partial charge on any atom is -0.462 e. The summed E-state index contributed by atoms with van der Waals surface area (Å²) in [6.45, 7) is 1.14. The molecular weight excluding hydrogens is 268 g/mol. The molecule has 0 aliphatic heterocycles. The fraction of sp³-hybridized carbons (Fsp3) is 0.333. The van der Waals surface area contributed by atoms with Gasteiger partial charge in [0.25, 0.3) is 5.91 Å². The number of aryl methyl sites for hydroxylation is 1. The maximum Gasteiger partial charge on any atom is 0.271 e. The monoisotopic (exact) mass is 282 g/mol. The van der Waals surface area contributed by atoms with Gasteiger partial charge in [-0.25, -0.2) is 4.98 Å². The summed E-state index contributed by atoms with van der Waals surface area (Å²) < 4.78 is 5.23. The third-order valence-electron chi connectivity index (χ3n) is 2.52. The van der Waals surface area contributed by atoms with Crippen molar-refractivity contribution in [3.05, 3.63) is 29.0 Å². The van der Waals surface area contributed by atoms with E-state index in [1.807, 2.05) is 0 Å². The molecule has 2 aromatic heterocycles. The van der Waals surface area contributed by atoms with Crippen LogP contribution in [0.3, 0.4) is 0 Å². The van der Waals surface area contributed by atoms with Gasteiger partial charge in [0.2, 0.25) is 0 Å². The average Bonchev–Trinajstić information content (AvgIpc) is 3.04. The minimum atomic E-state index is -0.680. The molecule has 0 fully saturated rings. The highest BCUT2D eigenvalue weighted by molar-refractivity contribution is 7.15. The van der Waals surface area contributed by atoms with Crippen LogP contribution in [0.1, 0.15) is 15.4 Å². The van der Waals surface area contributed by atoms with Crippen LogP contribution >= 0.6 is 11.3 Å². The molecule has 2 heterocycles. The topological polar surface area (TPSA) is 95.6 Å². The molecule has 0 bridgehead atoms.